The van der Waals surface area contributed by atoms with Gasteiger partial charge >= 0.3 is 0 Å². The van der Waals surface area contributed by atoms with Crippen LogP contribution in [0.2, 0.25) is 0 Å². The van der Waals surface area contributed by atoms with Crippen LogP contribution in [0.1, 0.15) is 55.1 Å². The van der Waals surface area contributed by atoms with Gasteiger partial charge in [-0.15, -0.1) is 0 Å². The fraction of sp³-hybridized carbons (Fsp3) is 0.684. The van der Waals surface area contributed by atoms with Gasteiger partial charge in [-0.1, -0.05) is 13.8 Å². The summed E-state index contributed by atoms with van der Waals surface area (Å²) in [6.07, 6.45) is 3.37. The molecular formula is C19H29N3O2. The van der Waals surface area contributed by atoms with E-state index in [-0.39, 0.29) is 22.8 Å². The Morgan fingerprint density at radius 3 is 2.33 bits per heavy atom. The molecule has 5 heteroatoms. The van der Waals surface area contributed by atoms with E-state index >= 15 is 0 Å². The van der Waals surface area contributed by atoms with Gasteiger partial charge in [-0.3, -0.25) is 9.59 Å². The largest absolute Gasteiger partial charge is 0.338 e. The summed E-state index contributed by atoms with van der Waals surface area (Å²) in [5.74, 6) is 0.169. The summed E-state index contributed by atoms with van der Waals surface area (Å²) in [6, 6.07) is 3.64. The number of aromatic nitrogens is 1. The van der Waals surface area contributed by atoms with Gasteiger partial charge in [-0.2, -0.15) is 0 Å². The lowest BCUT2D eigenvalue weighted by molar-refractivity contribution is 0.0734. The van der Waals surface area contributed by atoms with Crippen molar-refractivity contribution < 1.29 is 4.79 Å². The van der Waals surface area contributed by atoms with Crippen molar-refractivity contribution in [1.82, 2.24) is 14.4 Å². The lowest BCUT2D eigenvalue weighted by atomic mass is 9.78. The van der Waals surface area contributed by atoms with Crippen LogP contribution in [-0.4, -0.2) is 53.5 Å². The Balaban J connectivity index is 1.79. The minimum absolute atomic E-state index is 0.0956. The van der Waals surface area contributed by atoms with E-state index in [1.165, 1.54) is 0 Å². The van der Waals surface area contributed by atoms with Crippen LogP contribution in [-0.2, 0) is 7.05 Å². The normalized spacial score (nSPS) is 21.0. The summed E-state index contributed by atoms with van der Waals surface area (Å²) < 4.78 is 1.62. The Hall–Kier alpha value is -1.62. The fourth-order valence-corrected chi connectivity index (χ4v) is 4.17. The lowest BCUT2D eigenvalue weighted by Gasteiger charge is -2.37. The van der Waals surface area contributed by atoms with E-state index in [4.69, 9.17) is 0 Å². The molecule has 2 aliphatic heterocycles. The predicted molar refractivity (Wildman–Crippen MR) is 95.5 cm³/mol. The maximum Gasteiger partial charge on any atom is 0.263 e. The second-order valence-electron chi connectivity index (χ2n) is 7.97. The van der Waals surface area contributed by atoms with Crippen molar-refractivity contribution in [2.24, 2.45) is 12.5 Å². The first-order chi connectivity index (χ1) is 11.3. The first-order valence-corrected chi connectivity index (χ1v) is 9.01. The molecule has 5 nitrogen and oxygen atoms in total. The van der Waals surface area contributed by atoms with Gasteiger partial charge in [0.1, 0.15) is 5.56 Å². The molecule has 0 atom stereocenters. The zero-order valence-corrected chi connectivity index (χ0v) is 15.3. The van der Waals surface area contributed by atoms with Gasteiger partial charge in [0.05, 0.1) is 0 Å². The Kier molecular flexibility index (Phi) is 4.56. The average molecular weight is 331 g/mol. The third-order valence-electron chi connectivity index (χ3n) is 5.94. The summed E-state index contributed by atoms with van der Waals surface area (Å²) in [4.78, 5) is 29.8. The number of piperidine rings is 1. The summed E-state index contributed by atoms with van der Waals surface area (Å²) in [7, 11) is 3.92. The molecule has 1 spiro atoms. The van der Waals surface area contributed by atoms with Gasteiger partial charge in [0.25, 0.3) is 11.5 Å². The van der Waals surface area contributed by atoms with Crippen LogP contribution >= 0.6 is 0 Å². The zero-order chi connectivity index (χ0) is 17.5. The van der Waals surface area contributed by atoms with Crippen molar-refractivity contribution in [3.63, 3.8) is 0 Å². The molecule has 132 valence electrons. The number of pyridine rings is 1. The molecule has 3 rings (SSSR count). The van der Waals surface area contributed by atoms with E-state index in [2.05, 4.69) is 25.8 Å². The molecular weight excluding hydrogens is 302 g/mol. The number of rotatable bonds is 2. The predicted octanol–water partition coefficient (Wildman–Crippen LogP) is 2.07. The Bertz CT molecular complexity index is 684. The number of nitrogens with zero attached hydrogens (tertiary/aromatic N) is 3. The van der Waals surface area contributed by atoms with Crippen LogP contribution in [0.15, 0.2) is 16.9 Å². The van der Waals surface area contributed by atoms with Gasteiger partial charge in [0.2, 0.25) is 0 Å². The molecule has 0 saturated carbocycles. The molecule has 0 aromatic carbocycles. The van der Waals surface area contributed by atoms with Crippen molar-refractivity contribution in [1.29, 1.82) is 0 Å². The molecule has 3 heterocycles. The molecule has 1 amide bonds. The lowest BCUT2D eigenvalue weighted by Crippen LogP contribution is -2.41. The molecule has 0 radical (unpaired) electrons. The minimum atomic E-state index is -0.171. The zero-order valence-electron chi connectivity index (χ0n) is 15.3. The highest BCUT2D eigenvalue weighted by Gasteiger charge is 2.42. The van der Waals surface area contributed by atoms with Gasteiger partial charge in [-0.05, 0) is 62.9 Å². The third-order valence-corrected chi connectivity index (χ3v) is 5.94. The van der Waals surface area contributed by atoms with Crippen molar-refractivity contribution in [3.8, 4) is 0 Å². The molecule has 2 saturated heterocycles. The van der Waals surface area contributed by atoms with E-state index in [9.17, 15) is 9.59 Å². The highest BCUT2D eigenvalue weighted by molar-refractivity contribution is 5.94. The Morgan fingerprint density at radius 1 is 1.08 bits per heavy atom. The Morgan fingerprint density at radius 2 is 1.71 bits per heavy atom. The topological polar surface area (TPSA) is 45.6 Å². The standard InChI is InChI=1S/C19H29N3O2/c1-14(2)16-6-5-15(17(23)21(16)4)18(24)22-12-9-19(13-22)7-10-20(3)11-8-19/h5-6,14H,7-13H2,1-4H3. The van der Waals surface area contributed by atoms with E-state index < -0.39 is 0 Å². The number of hydrogen-bond acceptors (Lipinski definition) is 3. The summed E-state index contributed by atoms with van der Waals surface area (Å²) in [5, 5.41) is 0. The van der Waals surface area contributed by atoms with E-state index in [0.717, 1.165) is 51.1 Å². The second-order valence-corrected chi connectivity index (χ2v) is 7.97. The number of likely N-dealkylation sites (tertiary alicyclic amines) is 2. The molecule has 0 aliphatic carbocycles. The molecule has 0 unspecified atom stereocenters. The van der Waals surface area contributed by atoms with Gasteiger partial charge < -0.3 is 14.4 Å². The van der Waals surface area contributed by atoms with Crippen molar-refractivity contribution in [3.05, 3.63) is 33.7 Å². The summed E-state index contributed by atoms with van der Waals surface area (Å²) >= 11 is 0. The van der Waals surface area contributed by atoms with E-state index in [1.54, 1.807) is 17.7 Å². The first kappa shape index (κ1) is 17.2. The quantitative estimate of drug-likeness (QED) is 0.833. The van der Waals surface area contributed by atoms with Crippen molar-refractivity contribution >= 4 is 5.91 Å². The Labute approximate surface area is 144 Å². The molecule has 24 heavy (non-hydrogen) atoms. The van der Waals surface area contributed by atoms with Gasteiger partial charge in [-0.25, -0.2) is 0 Å². The van der Waals surface area contributed by atoms with Crippen LogP contribution in [0.4, 0.5) is 0 Å². The maximum atomic E-state index is 12.9. The van der Waals surface area contributed by atoms with Gasteiger partial charge in [0.15, 0.2) is 0 Å². The van der Waals surface area contributed by atoms with E-state index in [0.29, 0.717) is 5.56 Å². The molecule has 1 aromatic rings. The van der Waals surface area contributed by atoms with Crippen molar-refractivity contribution in [2.75, 3.05) is 33.2 Å². The third kappa shape index (κ3) is 3.02. The van der Waals surface area contributed by atoms with Crippen LogP contribution in [0.3, 0.4) is 0 Å². The average Bonchev–Trinajstić information content (AvgIpc) is 2.96. The summed E-state index contributed by atoms with van der Waals surface area (Å²) in [6.45, 7) is 7.90. The van der Waals surface area contributed by atoms with Crippen LogP contribution in [0.5, 0.6) is 0 Å². The van der Waals surface area contributed by atoms with Gasteiger partial charge in [0, 0.05) is 25.8 Å². The number of hydrogen-bond donors (Lipinski definition) is 0. The molecule has 2 aliphatic rings. The SMILES string of the molecule is CC(C)c1ccc(C(=O)N2CCC3(CCN(C)CC3)C2)c(=O)n1C. The molecule has 1 aromatic heterocycles. The number of carbonyl (C=O) groups is 1. The smallest absolute Gasteiger partial charge is 0.263 e. The highest BCUT2D eigenvalue weighted by Crippen LogP contribution is 2.40. The maximum absolute atomic E-state index is 12.9. The first-order valence-electron chi connectivity index (χ1n) is 9.01. The second kappa shape index (κ2) is 6.36. The number of amides is 1. The highest BCUT2D eigenvalue weighted by atomic mass is 16.2. The molecule has 0 bridgehead atoms. The van der Waals surface area contributed by atoms with Crippen molar-refractivity contribution in [2.45, 2.75) is 39.0 Å². The van der Waals surface area contributed by atoms with Crippen LogP contribution < -0.4 is 5.56 Å². The number of carbonyl (C=O) groups excluding carboxylic acids is 1. The van der Waals surface area contributed by atoms with Crippen LogP contribution in [0.25, 0.3) is 0 Å². The van der Waals surface area contributed by atoms with E-state index in [1.807, 2.05) is 11.0 Å². The fourth-order valence-electron chi connectivity index (χ4n) is 4.17. The molecule has 0 N–H and O–H groups in total. The van der Waals surface area contributed by atoms with Crippen LogP contribution in [0, 0.1) is 5.41 Å². The minimum Gasteiger partial charge on any atom is -0.338 e. The summed E-state index contributed by atoms with van der Waals surface area (Å²) in [5.41, 5.74) is 1.37. The molecule has 2 fully saturated rings. The monoisotopic (exact) mass is 331 g/mol.